The number of hydrazine groups is 1. The second-order valence-electron chi connectivity index (χ2n) is 9.00. The molecule has 8 nitrogen and oxygen atoms in total. The summed E-state index contributed by atoms with van der Waals surface area (Å²) in [6, 6.07) is 7.06. The molecule has 3 aromatic rings. The van der Waals surface area contributed by atoms with Gasteiger partial charge in [0.1, 0.15) is 12.4 Å². The third-order valence-electron chi connectivity index (χ3n) is 6.75. The summed E-state index contributed by atoms with van der Waals surface area (Å²) in [7, 11) is 0. The largest absolute Gasteiger partial charge is 0.494 e. The Morgan fingerprint density at radius 1 is 1.08 bits per heavy atom. The molecule has 1 fully saturated rings. The number of carbonyl (C=O) groups is 1. The van der Waals surface area contributed by atoms with Crippen LogP contribution in [-0.4, -0.2) is 60.3 Å². The first-order valence-electron chi connectivity index (χ1n) is 12.3. The van der Waals surface area contributed by atoms with Gasteiger partial charge >= 0.3 is 0 Å². The lowest BCUT2D eigenvalue weighted by molar-refractivity contribution is 0.0689. The monoisotopic (exact) mass is 521 g/mol. The van der Waals surface area contributed by atoms with Crippen LogP contribution in [0, 0.1) is 5.95 Å². The minimum Gasteiger partial charge on any atom is -0.494 e. The highest BCUT2D eigenvalue weighted by Gasteiger charge is 2.27. The predicted molar refractivity (Wildman–Crippen MR) is 138 cm³/mol. The first kappa shape index (κ1) is 23.7. The number of allylic oxidation sites excluding steroid dienone is 3. The molecule has 6 rings (SSSR count). The number of hydrogen-bond donors (Lipinski definition) is 1. The maximum atomic E-state index is 14.7. The van der Waals surface area contributed by atoms with Crippen LogP contribution in [0.4, 0.5) is 10.1 Å². The van der Waals surface area contributed by atoms with Crippen molar-refractivity contribution in [3.63, 3.8) is 0 Å². The lowest BCUT2D eigenvalue weighted by Gasteiger charge is -2.35. The number of pyridine rings is 2. The van der Waals surface area contributed by atoms with Crippen molar-refractivity contribution in [3.05, 3.63) is 76.8 Å². The number of aromatic nitrogens is 2. The summed E-state index contributed by atoms with van der Waals surface area (Å²) in [6.07, 6.45) is 8.63. The molecule has 37 heavy (non-hydrogen) atoms. The smallest absolute Gasteiger partial charge is 0.273 e. The van der Waals surface area contributed by atoms with Gasteiger partial charge in [0.05, 0.1) is 47.2 Å². The number of morpholine rings is 1. The fourth-order valence-corrected chi connectivity index (χ4v) is 5.19. The zero-order valence-corrected chi connectivity index (χ0v) is 20.8. The SMILES string of the molecule is O=C(NN1CCOC2=C1C=CCC2)c1cnc2c(-c3cc(Cl)cnc3F)cccc2c1N1CCOCC1. The maximum Gasteiger partial charge on any atom is 0.273 e. The van der Waals surface area contributed by atoms with E-state index in [0.717, 1.165) is 35.4 Å². The Morgan fingerprint density at radius 2 is 1.95 bits per heavy atom. The van der Waals surface area contributed by atoms with Gasteiger partial charge in [0.25, 0.3) is 5.91 Å². The van der Waals surface area contributed by atoms with Gasteiger partial charge in [-0.2, -0.15) is 4.39 Å². The van der Waals surface area contributed by atoms with Gasteiger partial charge in [-0.05, 0) is 18.6 Å². The predicted octanol–water partition coefficient (Wildman–Crippen LogP) is 4.46. The molecular formula is C27H25ClFN5O3. The Kier molecular flexibility index (Phi) is 6.40. The average Bonchev–Trinajstić information content (AvgIpc) is 2.94. The lowest BCUT2D eigenvalue weighted by Crippen LogP contribution is -2.46. The van der Waals surface area contributed by atoms with Crippen molar-refractivity contribution < 1.29 is 18.7 Å². The summed E-state index contributed by atoms with van der Waals surface area (Å²) in [5.74, 6) is -0.0177. The number of amides is 1. The second kappa shape index (κ2) is 9.99. The van der Waals surface area contributed by atoms with E-state index in [1.807, 2.05) is 23.2 Å². The molecule has 1 aliphatic carbocycles. The maximum absolute atomic E-state index is 14.7. The van der Waals surface area contributed by atoms with Crippen LogP contribution in [-0.2, 0) is 9.47 Å². The van der Waals surface area contributed by atoms with Crippen LogP contribution in [0.15, 0.2) is 60.3 Å². The number of anilines is 1. The number of rotatable bonds is 4. The number of nitrogens with zero attached hydrogens (tertiary/aromatic N) is 4. The highest BCUT2D eigenvalue weighted by atomic mass is 35.5. The van der Waals surface area contributed by atoms with Crippen LogP contribution in [0.2, 0.25) is 5.02 Å². The van der Waals surface area contributed by atoms with Crippen molar-refractivity contribution in [1.82, 2.24) is 20.4 Å². The Balaban J connectivity index is 1.45. The minimum absolute atomic E-state index is 0.257. The number of ether oxygens (including phenoxy) is 2. The second-order valence-corrected chi connectivity index (χ2v) is 9.44. The molecule has 10 heteroatoms. The van der Waals surface area contributed by atoms with E-state index in [1.54, 1.807) is 12.3 Å². The van der Waals surface area contributed by atoms with E-state index in [1.165, 1.54) is 12.3 Å². The van der Waals surface area contributed by atoms with Crippen LogP contribution in [0.5, 0.6) is 0 Å². The van der Waals surface area contributed by atoms with Gasteiger partial charge in [-0.1, -0.05) is 35.9 Å². The normalized spacial score (nSPS) is 17.6. The minimum atomic E-state index is -0.634. The van der Waals surface area contributed by atoms with Crippen molar-refractivity contribution >= 4 is 34.1 Å². The van der Waals surface area contributed by atoms with E-state index >= 15 is 0 Å². The van der Waals surface area contributed by atoms with Crippen LogP contribution >= 0.6 is 11.6 Å². The van der Waals surface area contributed by atoms with E-state index in [0.29, 0.717) is 61.1 Å². The quantitative estimate of drug-likeness (QED) is 0.508. The van der Waals surface area contributed by atoms with Crippen molar-refractivity contribution in [2.24, 2.45) is 0 Å². The molecule has 0 spiro atoms. The van der Waals surface area contributed by atoms with Gasteiger partial charge in [-0.25, -0.2) is 4.98 Å². The summed E-state index contributed by atoms with van der Waals surface area (Å²) < 4.78 is 26.1. The Hall–Kier alpha value is -3.69. The molecule has 190 valence electrons. The van der Waals surface area contributed by atoms with Crippen LogP contribution in [0.3, 0.4) is 0 Å². The average molecular weight is 522 g/mol. The van der Waals surface area contributed by atoms with Gasteiger partial charge in [0, 0.05) is 48.4 Å². The van der Waals surface area contributed by atoms with E-state index in [9.17, 15) is 9.18 Å². The summed E-state index contributed by atoms with van der Waals surface area (Å²) in [6.45, 7) is 3.36. The van der Waals surface area contributed by atoms with Crippen LogP contribution < -0.4 is 10.3 Å². The van der Waals surface area contributed by atoms with Crippen molar-refractivity contribution in [2.45, 2.75) is 12.8 Å². The molecule has 3 aliphatic rings. The molecule has 2 aliphatic heterocycles. The van der Waals surface area contributed by atoms with Gasteiger partial charge in [-0.15, -0.1) is 0 Å². The summed E-state index contributed by atoms with van der Waals surface area (Å²) >= 11 is 6.13. The molecule has 0 bridgehead atoms. The number of fused-ring (bicyclic) bond motifs is 1. The van der Waals surface area contributed by atoms with Gasteiger partial charge in [-0.3, -0.25) is 20.2 Å². The molecule has 2 aromatic heterocycles. The number of benzene rings is 1. The topological polar surface area (TPSA) is 79.8 Å². The molecule has 4 heterocycles. The van der Waals surface area contributed by atoms with Gasteiger partial charge in [0.15, 0.2) is 0 Å². The highest BCUT2D eigenvalue weighted by Crippen LogP contribution is 2.37. The van der Waals surface area contributed by atoms with E-state index in [2.05, 4.69) is 26.4 Å². The third kappa shape index (κ3) is 4.49. The summed E-state index contributed by atoms with van der Waals surface area (Å²) in [5, 5.41) is 2.91. The van der Waals surface area contributed by atoms with Crippen molar-refractivity contribution in [2.75, 3.05) is 44.4 Å². The van der Waals surface area contributed by atoms with Crippen molar-refractivity contribution in [3.8, 4) is 11.1 Å². The molecule has 0 radical (unpaired) electrons. The van der Waals surface area contributed by atoms with Crippen LogP contribution in [0.1, 0.15) is 23.2 Å². The molecule has 1 aromatic carbocycles. The summed E-state index contributed by atoms with van der Waals surface area (Å²) in [5.41, 5.74) is 6.49. The molecule has 0 saturated carbocycles. The third-order valence-corrected chi connectivity index (χ3v) is 6.96. The number of para-hydroxylation sites is 1. The molecule has 0 unspecified atom stereocenters. The highest BCUT2D eigenvalue weighted by molar-refractivity contribution is 6.30. The molecule has 0 atom stereocenters. The van der Waals surface area contributed by atoms with E-state index in [4.69, 9.17) is 21.1 Å². The van der Waals surface area contributed by atoms with Crippen molar-refractivity contribution in [1.29, 1.82) is 0 Å². The summed E-state index contributed by atoms with van der Waals surface area (Å²) in [4.78, 5) is 24.3. The Labute approximate surface area is 218 Å². The zero-order chi connectivity index (χ0) is 25.4. The zero-order valence-electron chi connectivity index (χ0n) is 20.0. The number of halogens is 2. The number of hydrogen-bond acceptors (Lipinski definition) is 7. The fraction of sp³-hybridized carbons (Fsp3) is 0.296. The Morgan fingerprint density at radius 3 is 2.81 bits per heavy atom. The fourth-order valence-electron chi connectivity index (χ4n) is 5.03. The lowest BCUT2D eigenvalue weighted by atomic mass is 9.99. The number of carbonyl (C=O) groups excluding carboxylic acids is 1. The molecule has 1 amide bonds. The first-order chi connectivity index (χ1) is 18.1. The van der Waals surface area contributed by atoms with Crippen LogP contribution in [0.25, 0.3) is 22.0 Å². The molecule has 1 saturated heterocycles. The van der Waals surface area contributed by atoms with Gasteiger partial charge < -0.3 is 14.4 Å². The van der Waals surface area contributed by atoms with E-state index < -0.39 is 5.95 Å². The Bertz CT molecular complexity index is 1440. The molecule has 1 N–H and O–H groups in total. The number of nitrogens with one attached hydrogen (secondary N) is 1. The standard InChI is InChI=1S/C27H25ClFN5O3/c28-17-14-20(26(29)31-15-17)18-4-3-5-19-24(18)30-16-21(25(19)33-8-11-36-12-9-33)27(35)32-34-10-13-37-23-7-2-1-6-22(23)34/h1,3-6,14-16H,2,7-13H2,(H,32,35). The van der Waals surface area contributed by atoms with Gasteiger partial charge in [0.2, 0.25) is 5.95 Å². The first-order valence-corrected chi connectivity index (χ1v) is 12.6. The van der Waals surface area contributed by atoms with E-state index in [-0.39, 0.29) is 11.5 Å². The molecular weight excluding hydrogens is 497 g/mol.